The minimum absolute atomic E-state index is 0.0719. The molecule has 1 heterocycles. The van der Waals surface area contributed by atoms with Crippen molar-refractivity contribution < 1.29 is 9.53 Å². The fraction of sp³-hybridized carbons (Fsp3) is 0.500. The predicted octanol–water partition coefficient (Wildman–Crippen LogP) is 3.54. The molecule has 1 atom stereocenters. The molecule has 1 aliphatic rings. The number of ether oxygens (including phenoxy) is 1. The van der Waals surface area contributed by atoms with Gasteiger partial charge in [0, 0.05) is 23.2 Å². The van der Waals surface area contributed by atoms with E-state index in [2.05, 4.69) is 28.1 Å². The molecule has 0 amide bonds. The average molecular weight is 297 g/mol. The van der Waals surface area contributed by atoms with Crippen molar-refractivity contribution >= 4 is 21.7 Å². The fourth-order valence-corrected chi connectivity index (χ4v) is 2.84. The van der Waals surface area contributed by atoms with Gasteiger partial charge in [0.15, 0.2) is 0 Å². The molecule has 0 aromatic heterocycles. The van der Waals surface area contributed by atoms with Crippen molar-refractivity contribution in [2.75, 3.05) is 6.61 Å². The van der Waals surface area contributed by atoms with Crippen molar-refractivity contribution in [3.63, 3.8) is 0 Å². The van der Waals surface area contributed by atoms with Crippen molar-refractivity contribution in [3.8, 4) is 5.75 Å². The number of hydrogen-bond donors (Lipinski definition) is 0. The maximum atomic E-state index is 11.6. The second kappa shape index (κ2) is 5.21. The van der Waals surface area contributed by atoms with Crippen LogP contribution in [0.1, 0.15) is 31.4 Å². The van der Waals surface area contributed by atoms with E-state index in [1.54, 1.807) is 0 Å². The molecule has 1 aromatic carbocycles. The first kappa shape index (κ1) is 12.6. The summed E-state index contributed by atoms with van der Waals surface area (Å²) in [7, 11) is 0. The molecule has 0 bridgehead atoms. The molecule has 3 heteroatoms. The van der Waals surface area contributed by atoms with Gasteiger partial charge in [-0.1, -0.05) is 29.8 Å². The Morgan fingerprint density at radius 1 is 1.53 bits per heavy atom. The van der Waals surface area contributed by atoms with Crippen LogP contribution < -0.4 is 4.74 Å². The Morgan fingerprint density at radius 3 is 3.00 bits per heavy atom. The van der Waals surface area contributed by atoms with Crippen LogP contribution in [0.5, 0.6) is 5.75 Å². The lowest BCUT2D eigenvalue weighted by Gasteiger charge is -2.13. The second-order valence-electron chi connectivity index (χ2n) is 4.58. The van der Waals surface area contributed by atoms with Crippen LogP contribution in [0.2, 0.25) is 0 Å². The summed E-state index contributed by atoms with van der Waals surface area (Å²) in [5, 5.41) is 0. The highest BCUT2D eigenvalue weighted by molar-refractivity contribution is 9.10. The summed E-state index contributed by atoms with van der Waals surface area (Å²) in [6.07, 6.45) is 2.35. The molecule has 17 heavy (non-hydrogen) atoms. The molecule has 1 aromatic rings. The molecule has 0 N–H and O–H groups in total. The van der Waals surface area contributed by atoms with Gasteiger partial charge < -0.3 is 4.74 Å². The van der Waals surface area contributed by atoms with Crippen molar-refractivity contribution in [2.24, 2.45) is 5.92 Å². The molecule has 92 valence electrons. The molecule has 0 spiro atoms. The average Bonchev–Trinajstić information content (AvgIpc) is 2.75. The highest BCUT2D eigenvalue weighted by atomic mass is 79.9. The van der Waals surface area contributed by atoms with E-state index in [0.717, 1.165) is 35.2 Å². The van der Waals surface area contributed by atoms with E-state index in [9.17, 15) is 4.79 Å². The molecule has 2 rings (SSSR count). The number of carbonyl (C=O) groups is 1. The lowest BCUT2D eigenvalue weighted by molar-refractivity contribution is -0.122. The van der Waals surface area contributed by atoms with Crippen LogP contribution in [0.15, 0.2) is 16.6 Å². The standard InChI is InChI=1S/C14H17BrO2/c1-3-13(16)9(2)6-11-8-12(15)7-10-4-5-17-14(10)11/h7-9H,3-6H2,1-2H3. The van der Waals surface area contributed by atoms with Crippen LogP contribution in [0.3, 0.4) is 0 Å². The molecule has 0 saturated heterocycles. The van der Waals surface area contributed by atoms with Crippen LogP contribution >= 0.6 is 15.9 Å². The third-order valence-electron chi connectivity index (χ3n) is 3.25. The quantitative estimate of drug-likeness (QED) is 0.849. The van der Waals surface area contributed by atoms with E-state index < -0.39 is 0 Å². The Labute approximate surface area is 110 Å². The van der Waals surface area contributed by atoms with Gasteiger partial charge in [0.2, 0.25) is 0 Å². The first-order valence-corrected chi connectivity index (χ1v) is 6.88. The van der Waals surface area contributed by atoms with Crippen LogP contribution in [0.4, 0.5) is 0 Å². The van der Waals surface area contributed by atoms with Gasteiger partial charge in [-0.05, 0) is 29.7 Å². The molecular weight excluding hydrogens is 280 g/mol. The van der Waals surface area contributed by atoms with E-state index in [4.69, 9.17) is 4.74 Å². The highest BCUT2D eigenvalue weighted by Crippen LogP contribution is 2.34. The largest absolute Gasteiger partial charge is 0.493 e. The zero-order valence-corrected chi connectivity index (χ0v) is 11.8. The lowest BCUT2D eigenvalue weighted by atomic mass is 9.94. The SMILES string of the molecule is CCC(=O)C(C)Cc1cc(Br)cc2c1OCC2. The van der Waals surface area contributed by atoms with Crippen molar-refractivity contribution in [2.45, 2.75) is 33.1 Å². The summed E-state index contributed by atoms with van der Waals surface area (Å²) < 4.78 is 6.74. The molecule has 2 nitrogen and oxygen atoms in total. The maximum Gasteiger partial charge on any atom is 0.135 e. The van der Waals surface area contributed by atoms with E-state index in [1.807, 2.05) is 13.8 Å². The van der Waals surface area contributed by atoms with E-state index in [-0.39, 0.29) is 5.92 Å². The van der Waals surface area contributed by atoms with Gasteiger partial charge >= 0.3 is 0 Å². The fourth-order valence-electron chi connectivity index (χ4n) is 2.29. The Morgan fingerprint density at radius 2 is 2.29 bits per heavy atom. The Kier molecular flexibility index (Phi) is 3.87. The molecule has 0 aliphatic carbocycles. The lowest BCUT2D eigenvalue weighted by Crippen LogP contribution is -2.12. The number of fused-ring (bicyclic) bond motifs is 1. The summed E-state index contributed by atoms with van der Waals surface area (Å²) in [6.45, 7) is 4.67. The normalized spacial score (nSPS) is 15.2. The number of carbonyl (C=O) groups excluding carboxylic acids is 1. The van der Waals surface area contributed by atoms with Crippen molar-refractivity contribution in [1.29, 1.82) is 0 Å². The number of halogens is 1. The molecule has 0 fully saturated rings. The molecular formula is C14H17BrO2. The molecule has 1 aliphatic heterocycles. The van der Waals surface area contributed by atoms with Gasteiger partial charge in [-0.3, -0.25) is 4.79 Å². The summed E-state index contributed by atoms with van der Waals surface area (Å²) in [5.74, 6) is 1.39. The van der Waals surface area contributed by atoms with E-state index >= 15 is 0 Å². The van der Waals surface area contributed by atoms with Crippen LogP contribution in [-0.2, 0) is 17.6 Å². The number of rotatable bonds is 4. The Hall–Kier alpha value is -0.830. The summed E-state index contributed by atoms with van der Waals surface area (Å²) in [5.41, 5.74) is 2.41. The van der Waals surface area contributed by atoms with Crippen LogP contribution in [0, 0.1) is 5.92 Å². The summed E-state index contributed by atoms with van der Waals surface area (Å²) >= 11 is 3.52. The van der Waals surface area contributed by atoms with Gasteiger partial charge in [0.05, 0.1) is 6.61 Å². The minimum Gasteiger partial charge on any atom is -0.493 e. The monoisotopic (exact) mass is 296 g/mol. The van der Waals surface area contributed by atoms with Crippen molar-refractivity contribution in [3.05, 3.63) is 27.7 Å². The van der Waals surface area contributed by atoms with E-state index in [1.165, 1.54) is 5.56 Å². The minimum atomic E-state index is 0.0719. The summed E-state index contributed by atoms with van der Waals surface area (Å²) in [6, 6.07) is 4.18. The number of benzene rings is 1. The molecule has 0 saturated carbocycles. The predicted molar refractivity (Wildman–Crippen MR) is 71.5 cm³/mol. The van der Waals surface area contributed by atoms with Gasteiger partial charge in [0.25, 0.3) is 0 Å². The molecule has 1 unspecified atom stereocenters. The second-order valence-corrected chi connectivity index (χ2v) is 5.49. The van der Waals surface area contributed by atoms with Gasteiger partial charge in [-0.25, -0.2) is 0 Å². The topological polar surface area (TPSA) is 26.3 Å². The number of ketones is 1. The zero-order chi connectivity index (χ0) is 12.4. The zero-order valence-electron chi connectivity index (χ0n) is 10.3. The smallest absolute Gasteiger partial charge is 0.135 e. The third kappa shape index (κ3) is 2.71. The Bertz CT molecular complexity index is 440. The maximum absolute atomic E-state index is 11.6. The van der Waals surface area contributed by atoms with E-state index in [0.29, 0.717) is 12.2 Å². The van der Waals surface area contributed by atoms with Gasteiger partial charge in [0.1, 0.15) is 11.5 Å². The number of Topliss-reactive ketones (excluding diaryl/α,β-unsaturated/α-hetero) is 1. The van der Waals surface area contributed by atoms with Crippen LogP contribution in [0.25, 0.3) is 0 Å². The third-order valence-corrected chi connectivity index (χ3v) is 3.71. The first-order valence-electron chi connectivity index (χ1n) is 6.08. The Balaban J connectivity index is 2.24. The number of hydrogen-bond acceptors (Lipinski definition) is 2. The summed E-state index contributed by atoms with van der Waals surface area (Å²) in [4.78, 5) is 11.6. The molecule has 0 radical (unpaired) electrons. The van der Waals surface area contributed by atoms with Gasteiger partial charge in [-0.15, -0.1) is 0 Å². The van der Waals surface area contributed by atoms with Gasteiger partial charge in [-0.2, -0.15) is 0 Å². The highest BCUT2D eigenvalue weighted by Gasteiger charge is 2.20. The first-order chi connectivity index (χ1) is 8.11. The van der Waals surface area contributed by atoms with Crippen molar-refractivity contribution in [1.82, 2.24) is 0 Å². The van der Waals surface area contributed by atoms with Crippen LogP contribution in [-0.4, -0.2) is 12.4 Å².